The van der Waals surface area contributed by atoms with Crippen molar-refractivity contribution in [2.24, 2.45) is 5.73 Å². The zero-order valence-corrected chi connectivity index (χ0v) is 12.2. The lowest BCUT2D eigenvalue weighted by Gasteiger charge is -2.13. The molecule has 0 bridgehead atoms. The first-order chi connectivity index (χ1) is 10.2. The maximum Gasteiger partial charge on any atom is 0.247 e. The highest BCUT2D eigenvalue weighted by Crippen LogP contribution is 2.10. The van der Waals surface area contributed by atoms with Gasteiger partial charge in [-0.1, -0.05) is 12.3 Å². The summed E-state index contributed by atoms with van der Waals surface area (Å²) in [5, 5.41) is 4.94. The van der Waals surface area contributed by atoms with Gasteiger partial charge in [0.2, 0.25) is 11.8 Å². The molecule has 0 aromatic rings. The highest BCUT2D eigenvalue weighted by molar-refractivity contribution is 5.77. The SMILES string of the molecule is NCC(=O)NCOCNC(=O)COC1C#CCCCCC1. The summed E-state index contributed by atoms with van der Waals surface area (Å²) in [6, 6.07) is 0. The monoisotopic (exact) mass is 297 g/mol. The second kappa shape index (κ2) is 11.1. The fourth-order valence-electron chi connectivity index (χ4n) is 1.72. The fourth-order valence-corrected chi connectivity index (χ4v) is 1.72. The Morgan fingerprint density at radius 2 is 1.90 bits per heavy atom. The van der Waals surface area contributed by atoms with Crippen LogP contribution < -0.4 is 16.4 Å². The first kappa shape index (κ1) is 17.4. The predicted molar refractivity (Wildman–Crippen MR) is 76.8 cm³/mol. The molecule has 0 radical (unpaired) electrons. The average molecular weight is 297 g/mol. The minimum Gasteiger partial charge on any atom is -0.356 e. The molecular formula is C14H23N3O4. The number of carbonyl (C=O) groups is 2. The van der Waals surface area contributed by atoms with Gasteiger partial charge >= 0.3 is 0 Å². The van der Waals surface area contributed by atoms with Crippen LogP contribution in [0.3, 0.4) is 0 Å². The molecule has 0 aromatic carbocycles. The van der Waals surface area contributed by atoms with Gasteiger partial charge in [0, 0.05) is 6.42 Å². The second-order valence-electron chi connectivity index (χ2n) is 4.62. The van der Waals surface area contributed by atoms with Crippen molar-refractivity contribution in [2.75, 3.05) is 26.6 Å². The number of amides is 2. The maximum absolute atomic E-state index is 11.5. The number of hydrogen-bond acceptors (Lipinski definition) is 5. The van der Waals surface area contributed by atoms with Crippen LogP contribution in [0.5, 0.6) is 0 Å². The number of carbonyl (C=O) groups excluding carboxylic acids is 2. The Labute approximate surface area is 124 Å². The highest BCUT2D eigenvalue weighted by atomic mass is 16.5. The van der Waals surface area contributed by atoms with E-state index in [0.717, 1.165) is 32.1 Å². The van der Waals surface area contributed by atoms with Crippen molar-refractivity contribution in [3.63, 3.8) is 0 Å². The summed E-state index contributed by atoms with van der Waals surface area (Å²) in [4.78, 5) is 22.3. The molecule has 1 aliphatic rings. The third-order valence-corrected chi connectivity index (χ3v) is 2.87. The summed E-state index contributed by atoms with van der Waals surface area (Å²) < 4.78 is 10.5. The lowest BCUT2D eigenvalue weighted by atomic mass is 10.1. The number of nitrogens with two attached hydrogens (primary N) is 1. The summed E-state index contributed by atoms with van der Waals surface area (Å²) in [5.41, 5.74) is 5.10. The van der Waals surface area contributed by atoms with Crippen LogP contribution in [0.1, 0.15) is 32.1 Å². The molecule has 0 spiro atoms. The largest absolute Gasteiger partial charge is 0.356 e. The Morgan fingerprint density at radius 3 is 2.67 bits per heavy atom. The third-order valence-electron chi connectivity index (χ3n) is 2.87. The zero-order valence-electron chi connectivity index (χ0n) is 12.2. The highest BCUT2D eigenvalue weighted by Gasteiger charge is 2.10. The Morgan fingerprint density at radius 1 is 1.14 bits per heavy atom. The van der Waals surface area contributed by atoms with Gasteiger partial charge in [-0.15, -0.1) is 5.92 Å². The molecule has 2 amide bonds. The van der Waals surface area contributed by atoms with Crippen molar-refractivity contribution < 1.29 is 19.1 Å². The third kappa shape index (κ3) is 9.02. The normalized spacial score (nSPS) is 17.9. The summed E-state index contributed by atoms with van der Waals surface area (Å²) in [6.45, 7) is -0.126. The Hall–Kier alpha value is -1.62. The molecule has 118 valence electrons. The number of hydrogen-bond donors (Lipinski definition) is 3. The average Bonchev–Trinajstić information content (AvgIpc) is 2.45. The molecule has 0 heterocycles. The molecule has 1 aliphatic carbocycles. The summed E-state index contributed by atoms with van der Waals surface area (Å²) >= 11 is 0. The van der Waals surface area contributed by atoms with E-state index in [2.05, 4.69) is 22.5 Å². The molecule has 1 rings (SSSR count). The van der Waals surface area contributed by atoms with Crippen molar-refractivity contribution in [3.05, 3.63) is 0 Å². The molecule has 0 saturated heterocycles. The second-order valence-corrected chi connectivity index (χ2v) is 4.62. The number of rotatable bonds is 8. The molecule has 1 unspecified atom stereocenters. The van der Waals surface area contributed by atoms with Gasteiger partial charge in [0.15, 0.2) is 0 Å². The van der Waals surface area contributed by atoms with Crippen LogP contribution in [-0.4, -0.2) is 44.5 Å². The molecule has 7 nitrogen and oxygen atoms in total. The Balaban J connectivity index is 2.06. The predicted octanol–water partition coefficient (Wildman–Crippen LogP) is -0.538. The van der Waals surface area contributed by atoms with Crippen LogP contribution in [0, 0.1) is 11.8 Å². The van der Waals surface area contributed by atoms with Gasteiger partial charge in [-0.25, -0.2) is 0 Å². The molecular weight excluding hydrogens is 274 g/mol. The van der Waals surface area contributed by atoms with Gasteiger partial charge in [-0.3, -0.25) is 9.59 Å². The molecule has 0 aliphatic heterocycles. The van der Waals surface area contributed by atoms with Crippen LogP contribution in [0.2, 0.25) is 0 Å². The van der Waals surface area contributed by atoms with Gasteiger partial charge < -0.3 is 25.8 Å². The zero-order chi connectivity index (χ0) is 15.3. The fraction of sp³-hybridized carbons (Fsp3) is 0.714. The van der Waals surface area contributed by atoms with Crippen LogP contribution in [0.25, 0.3) is 0 Å². The topological polar surface area (TPSA) is 103 Å². The van der Waals surface area contributed by atoms with E-state index in [1.54, 1.807) is 0 Å². The molecule has 21 heavy (non-hydrogen) atoms. The quantitative estimate of drug-likeness (QED) is 0.317. The number of nitrogens with one attached hydrogen (secondary N) is 2. The van der Waals surface area contributed by atoms with Crippen molar-refractivity contribution in [2.45, 2.75) is 38.2 Å². The summed E-state index contributed by atoms with van der Waals surface area (Å²) in [5.74, 6) is 5.50. The molecule has 0 saturated carbocycles. The van der Waals surface area contributed by atoms with Crippen molar-refractivity contribution in [3.8, 4) is 11.8 Å². The number of ether oxygens (including phenoxy) is 2. The summed E-state index contributed by atoms with van der Waals surface area (Å²) in [7, 11) is 0. The lowest BCUT2D eigenvalue weighted by molar-refractivity contribution is -0.128. The molecule has 1 atom stereocenters. The van der Waals surface area contributed by atoms with E-state index in [-0.39, 0.29) is 44.5 Å². The van der Waals surface area contributed by atoms with E-state index in [0.29, 0.717) is 0 Å². The van der Waals surface area contributed by atoms with Crippen molar-refractivity contribution in [1.82, 2.24) is 10.6 Å². The smallest absolute Gasteiger partial charge is 0.247 e. The van der Waals surface area contributed by atoms with Gasteiger partial charge in [0.1, 0.15) is 26.2 Å². The van der Waals surface area contributed by atoms with Crippen molar-refractivity contribution in [1.29, 1.82) is 0 Å². The van der Waals surface area contributed by atoms with Gasteiger partial charge in [0.05, 0.1) is 6.54 Å². The minimum absolute atomic E-state index is 0.00336. The van der Waals surface area contributed by atoms with Gasteiger partial charge in [-0.2, -0.15) is 0 Å². The van der Waals surface area contributed by atoms with E-state index in [1.165, 1.54) is 0 Å². The van der Waals surface area contributed by atoms with E-state index in [1.807, 2.05) is 0 Å². The van der Waals surface area contributed by atoms with Crippen LogP contribution in [0.15, 0.2) is 0 Å². The van der Waals surface area contributed by atoms with Crippen LogP contribution in [-0.2, 0) is 19.1 Å². The molecule has 4 N–H and O–H groups in total. The molecule has 0 fully saturated rings. The minimum atomic E-state index is -0.312. The Bertz CT molecular complexity index is 389. The Kier molecular flexibility index (Phi) is 9.20. The summed E-state index contributed by atoms with van der Waals surface area (Å²) in [6.07, 6.45) is 4.96. The van der Waals surface area contributed by atoms with Crippen molar-refractivity contribution >= 4 is 11.8 Å². The van der Waals surface area contributed by atoms with E-state index in [9.17, 15) is 9.59 Å². The van der Waals surface area contributed by atoms with Crippen LogP contribution in [0.4, 0.5) is 0 Å². The van der Waals surface area contributed by atoms with E-state index in [4.69, 9.17) is 15.2 Å². The molecule has 7 heteroatoms. The first-order valence-electron chi connectivity index (χ1n) is 7.13. The van der Waals surface area contributed by atoms with Crippen LogP contribution >= 0.6 is 0 Å². The molecule has 0 aromatic heterocycles. The van der Waals surface area contributed by atoms with E-state index < -0.39 is 0 Å². The first-order valence-corrected chi connectivity index (χ1v) is 7.13. The van der Waals surface area contributed by atoms with Gasteiger partial charge in [0.25, 0.3) is 0 Å². The van der Waals surface area contributed by atoms with E-state index >= 15 is 0 Å². The van der Waals surface area contributed by atoms with Gasteiger partial charge in [-0.05, 0) is 19.3 Å². The lowest BCUT2D eigenvalue weighted by Crippen LogP contribution is -2.36. The maximum atomic E-state index is 11.5. The standard InChI is InChI=1S/C14H23N3O4/c15-8-13(18)16-10-20-11-17-14(19)9-21-12-6-4-2-1-3-5-7-12/h12H,1-4,6,8-11,15H2,(H,16,18)(H,17,19).